The van der Waals surface area contributed by atoms with E-state index >= 15 is 0 Å². The van der Waals surface area contributed by atoms with Crippen LogP contribution in [0.15, 0.2) is 35.7 Å². The fourth-order valence-corrected chi connectivity index (χ4v) is 5.28. The largest absolute Gasteiger partial charge is 0.355 e. The molecule has 0 unspecified atom stereocenters. The van der Waals surface area contributed by atoms with Gasteiger partial charge >= 0.3 is 0 Å². The number of aryl methyl sites for hydroxylation is 2. The molecule has 1 aromatic carbocycles. The Hall–Kier alpha value is -2.72. The summed E-state index contributed by atoms with van der Waals surface area (Å²) in [7, 11) is -3.61. The fourth-order valence-electron chi connectivity index (χ4n) is 3.88. The van der Waals surface area contributed by atoms with E-state index in [0.29, 0.717) is 45.4 Å². The van der Waals surface area contributed by atoms with Gasteiger partial charge in [-0.3, -0.25) is 4.79 Å². The third kappa shape index (κ3) is 4.64. The highest BCUT2D eigenvalue weighted by Crippen LogP contribution is 2.23. The van der Waals surface area contributed by atoms with E-state index in [2.05, 4.69) is 26.3 Å². The molecule has 3 heterocycles. The van der Waals surface area contributed by atoms with Crippen molar-refractivity contribution in [2.45, 2.75) is 44.7 Å². The summed E-state index contributed by atoms with van der Waals surface area (Å²) in [6.45, 7) is 5.76. The van der Waals surface area contributed by atoms with Gasteiger partial charge in [0.25, 0.3) is 10.0 Å². The number of hydrogen-bond acceptors (Lipinski definition) is 5. The number of hydrogen-bond donors (Lipinski definition) is 2. The number of rotatable bonds is 7. The predicted octanol–water partition coefficient (Wildman–Crippen LogP) is 1.85. The molecule has 2 N–H and O–H groups in total. The van der Waals surface area contributed by atoms with Crippen LogP contribution in [0.4, 0.5) is 0 Å². The van der Waals surface area contributed by atoms with Gasteiger partial charge in [-0.15, -0.1) is 0 Å². The van der Waals surface area contributed by atoms with Crippen molar-refractivity contribution in [1.82, 2.24) is 29.1 Å². The van der Waals surface area contributed by atoms with Gasteiger partial charge in [-0.25, -0.2) is 18.4 Å². The van der Waals surface area contributed by atoms with Crippen LogP contribution in [0.2, 0.25) is 0 Å². The SMILES string of the molecule is CCn1cnc(S(=O)(=O)N2CCC(C(=O)NCCc3nc4ccc(C)cc4[nH]3)CC2)c1. The van der Waals surface area contributed by atoms with E-state index in [4.69, 9.17) is 0 Å². The number of carbonyl (C=O) groups excluding carboxylic acids is 1. The molecular formula is C21H28N6O3S. The Kier molecular flexibility index (Phi) is 6.10. The summed E-state index contributed by atoms with van der Waals surface area (Å²) in [6.07, 6.45) is 4.70. The van der Waals surface area contributed by atoms with Crippen molar-refractivity contribution in [3.05, 3.63) is 42.1 Å². The van der Waals surface area contributed by atoms with Gasteiger partial charge in [0.05, 0.1) is 17.4 Å². The third-order valence-electron chi connectivity index (χ3n) is 5.75. The van der Waals surface area contributed by atoms with Crippen molar-refractivity contribution in [3.8, 4) is 0 Å². The number of nitrogens with zero attached hydrogens (tertiary/aromatic N) is 4. The molecule has 0 spiro atoms. The van der Waals surface area contributed by atoms with Crippen LogP contribution in [0.25, 0.3) is 11.0 Å². The summed E-state index contributed by atoms with van der Waals surface area (Å²) in [5.41, 5.74) is 3.09. The lowest BCUT2D eigenvalue weighted by Gasteiger charge is -2.29. The number of aromatic nitrogens is 4. The smallest absolute Gasteiger partial charge is 0.262 e. The zero-order chi connectivity index (χ0) is 22.0. The Labute approximate surface area is 181 Å². The molecule has 1 fully saturated rings. The average molecular weight is 445 g/mol. The standard InChI is InChI=1S/C21H28N6O3S/c1-3-26-13-20(23-14-26)31(29,30)27-10-7-16(8-11-27)21(28)22-9-6-19-24-17-5-4-15(2)12-18(17)25-19/h4-5,12-14,16H,3,6-11H2,1-2H3,(H,22,28)(H,24,25). The lowest BCUT2D eigenvalue weighted by atomic mass is 9.97. The molecular weight excluding hydrogens is 416 g/mol. The molecule has 166 valence electrons. The molecule has 3 aromatic rings. The van der Waals surface area contributed by atoms with Gasteiger partial charge in [0.2, 0.25) is 5.91 Å². The summed E-state index contributed by atoms with van der Waals surface area (Å²) in [6, 6.07) is 6.06. The van der Waals surface area contributed by atoms with Gasteiger partial charge in [-0.05, 0) is 44.4 Å². The second-order valence-corrected chi connectivity index (χ2v) is 9.85. The molecule has 1 amide bonds. The Morgan fingerprint density at radius 1 is 1.29 bits per heavy atom. The van der Waals surface area contributed by atoms with E-state index in [-0.39, 0.29) is 16.9 Å². The maximum absolute atomic E-state index is 12.8. The number of aromatic amines is 1. The van der Waals surface area contributed by atoms with Crippen LogP contribution in [0.1, 0.15) is 31.2 Å². The number of benzene rings is 1. The molecule has 0 aliphatic carbocycles. The zero-order valence-corrected chi connectivity index (χ0v) is 18.7. The van der Waals surface area contributed by atoms with Crippen LogP contribution in [0, 0.1) is 12.8 Å². The van der Waals surface area contributed by atoms with Gasteiger partial charge in [0.1, 0.15) is 5.82 Å². The highest BCUT2D eigenvalue weighted by molar-refractivity contribution is 7.89. The summed E-state index contributed by atoms with van der Waals surface area (Å²) in [5, 5.41) is 3.04. The molecule has 2 aromatic heterocycles. The molecule has 1 saturated heterocycles. The molecule has 4 rings (SSSR count). The van der Waals surface area contributed by atoms with Crippen molar-refractivity contribution in [2.75, 3.05) is 19.6 Å². The first-order valence-electron chi connectivity index (χ1n) is 10.6. The Morgan fingerprint density at radius 2 is 2.06 bits per heavy atom. The highest BCUT2D eigenvalue weighted by Gasteiger charge is 2.33. The fraction of sp³-hybridized carbons (Fsp3) is 0.476. The van der Waals surface area contributed by atoms with Crippen LogP contribution in [0.3, 0.4) is 0 Å². The first-order valence-corrected chi connectivity index (χ1v) is 12.1. The van der Waals surface area contributed by atoms with E-state index < -0.39 is 10.0 Å². The number of piperidine rings is 1. The van der Waals surface area contributed by atoms with Gasteiger partial charge in [-0.2, -0.15) is 4.31 Å². The van der Waals surface area contributed by atoms with Crippen molar-refractivity contribution in [3.63, 3.8) is 0 Å². The van der Waals surface area contributed by atoms with E-state index in [0.717, 1.165) is 16.9 Å². The van der Waals surface area contributed by atoms with Crippen molar-refractivity contribution in [1.29, 1.82) is 0 Å². The quantitative estimate of drug-likeness (QED) is 0.577. The van der Waals surface area contributed by atoms with E-state index in [1.165, 1.54) is 16.2 Å². The second kappa shape index (κ2) is 8.80. The van der Waals surface area contributed by atoms with E-state index in [1.54, 1.807) is 10.8 Å². The van der Waals surface area contributed by atoms with Gasteiger partial charge in [-0.1, -0.05) is 6.07 Å². The second-order valence-electron chi connectivity index (χ2n) is 7.97. The van der Waals surface area contributed by atoms with Gasteiger partial charge < -0.3 is 14.9 Å². The monoisotopic (exact) mass is 444 g/mol. The molecule has 1 aliphatic heterocycles. The number of amides is 1. The summed E-state index contributed by atoms with van der Waals surface area (Å²) in [5.74, 6) is 0.630. The minimum atomic E-state index is -3.61. The van der Waals surface area contributed by atoms with E-state index in [9.17, 15) is 13.2 Å². The number of sulfonamides is 1. The summed E-state index contributed by atoms with van der Waals surface area (Å²) in [4.78, 5) is 24.4. The number of carbonyl (C=O) groups is 1. The minimum absolute atomic E-state index is 0.0285. The van der Waals surface area contributed by atoms with E-state index in [1.807, 2.05) is 26.0 Å². The highest BCUT2D eigenvalue weighted by atomic mass is 32.2. The Morgan fingerprint density at radius 3 is 2.77 bits per heavy atom. The Bertz CT molecular complexity index is 1170. The minimum Gasteiger partial charge on any atom is -0.355 e. The molecule has 10 heteroatoms. The molecule has 0 bridgehead atoms. The van der Waals surface area contributed by atoms with Crippen molar-refractivity contribution >= 4 is 27.0 Å². The first-order chi connectivity index (χ1) is 14.9. The molecule has 31 heavy (non-hydrogen) atoms. The molecule has 0 saturated carbocycles. The molecule has 0 radical (unpaired) electrons. The summed E-state index contributed by atoms with van der Waals surface area (Å²) < 4.78 is 28.7. The maximum atomic E-state index is 12.8. The Balaban J connectivity index is 1.27. The van der Waals surface area contributed by atoms with Crippen LogP contribution in [-0.2, 0) is 27.8 Å². The van der Waals surface area contributed by atoms with Crippen LogP contribution >= 0.6 is 0 Å². The van der Waals surface area contributed by atoms with Crippen LogP contribution in [0.5, 0.6) is 0 Å². The van der Waals surface area contributed by atoms with Gasteiger partial charge in [0, 0.05) is 44.7 Å². The number of nitrogens with one attached hydrogen (secondary N) is 2. The number of imidazole rings is 2. The van der Waals surface area contributed by atoms with Crippen LogP contribution in [-0.4, -0.2) is 57.8 Å². The number of H-pyrrole nitrogens is 1. The first kappa shape index (κ1) is 21.5. The van der Waals surface area contributed by atoms with Crippen molar-refractivity contribution in [2.24, 2.45) is 5.92 Å². The topological polar surface area (TPSA) is 113 Å². The normalized spacial score (nSPS) is 16.1. The summed E-state index contributed by atoms with van der Waals surface area (Å²) >= 11 is 0. The maximum Gasteiger partial charge on any atom is 0.262 e. The molecule has 0 atom stereocenters. The lowest BCUT2D eigenvalue weighted by Crippen LogP contribution is -2.43. The number of fused-ring (bicyclic) bond motifs is 1. The average Bonchev–Trinajstić information content (AvgIpc) is 3.40. The van der Waals surface area contributed by atoms with Crippen molar-refractivity contribution < 1.29 is 13.2 Å². The molecule has 1 aliphatic rings. The van der Waals surface area contributed by atoms with Gasteiger partial charge in [0.15, 0.2) is 5.03 Å². The predicted molar refractivity (Wildman–Crippen MR) is 117 cm³/mol. The molecule has 9 nitrogen and oxygen atoms in total. The third-order valence-corrected chi connectivity index (χ3v) is 7.54. The zero-order valence-electron chi connectivity index (χ0n) is 17.8. The van der Waals surface area contributed by atoms with Crippen LogP contribution < -0.4 is 5.32 Å². The lowest BCUT2D eigenvalue weighted by molar-refractivity contribution is -0.126.